The van der Waals surface area contributed by atoms with Crippen LogP contribution >= 0.6 is 0 Å². The second-order valence-corrected chi connectivity index (χ2v) is 4.48. The van der Waals surface area contributed by atoms with Gasteiger partial charge in [0.2, 0.25) is 11.8 Å². The first-order valence-corrected chi connectivity index (χ1v) is 5.81. The summed E-state index contributed by atoms with van der Waals surface area (Å²) in [6.07, 6.45) is 3.11. The minimum atomic E-state index is -0.502. The standard InChI is InChI=1S/C12H20N4O2/c1-8(2)10(13)12(17)16(3)7-9-11(18-4)15-6-5-14-9/h5-6,8,10H,7,13H2,1-4H3/t10-/m0/s1. The van der Waals surface area contributed by atoms with Gasteiger partial charge in [0.15, 0.2) is 0 Å². The van der Waals surface area contributed by atoms with E-state index in [-0.39, 0.29) is 11.8 Å². The Labute approximate surface area is 107 Å². The molecule has 0 aliphatic rings. The van der Waals surface area contributed by atoms with Gasteiger partial charge in [-0.3, -0.25) is 9.78 Å². The number of hydrogen-bond acceptors (Lipinski definition) is 5. The zero-order valence-electron chi connectivity index (χ0n) is 11.3. The summed E-state index contributed by atoms with van der Waals surface area (Å²) in [5, 5.41) is 0. The molecule has 2 N–H and O–H groups in total. The van der Waals surface area contributed by atoms with Gasteiger partial charge in [-0.2, -0.15) is 0 Å². The third-order valence-corrected chi connectivity index (χ3v) is 2.70. The van der Waals surface area contributed by atoms with Gasteiger partial charge in [-0.25, -0.2) is 4.98 Å². The van der Waals surface area contributed by atoms with E-state index in [2.05, 4.69) is 9.97 Å². The van der Waals surface area contributed by atoms with E-state index in [0.29, 0.717) is 18.1 Å². The van der Waals surface area contributed by atoms with Crippen molar-refractivity contribution >= 4 is 5.91 Å². The Morgan fingerprint density at radius 1 is 1.44 bits per heavy atom. The SMILES string of the molecule is COc1nccnc1CN(C)C(=O)[C@@H](N)C(C)C. The first-order valence-electron chi connectivity index (χ1n) is 5.81. The Kier molecular flexibility index (Phi) is 5.03. The summed E-state index contributed by atoms with van der Waals surface area (Å²) in [7, 11) is 3.22. The molecule has 1 amide bonds. The first-order chi connectivity index (χ1) is 8.47. The summed E-state index contributed by atoms with van der Waals surface area (Å²) in [4.78, 5) is 21.7. The maximum Gasteiger partial charge on any atom is 0.239 e. The van der Waals surface area contributed by atoms with Crippen molar-refractivity contribution < 1.29 is 9.53 Å². The van der Waals surface area contributed by atoms with Crippen molar-refractivity contribution in [1.29, 1.82) is 0 Å². The molecule has 0 saturated carbocycles. The molecule has 0 bridgehead atoms. The van der Waals surface area contributed by atoms with Crippen LogP contribution in [0.1, 0.15) is 19.5 Å². The molecule has 1 aromatic rings. The van der Waals surface area contributed by atoms with E-state index in [4.69, 9.17) is 10.5 Å². The van der Waals surface area contributed by atoms with Crippen LogP contribution < -0.4 is 10.5 Å². The molecule has 0 saturated heterocycles. The summed E-state index contributed by atoms with van der Waals surface area (Å²) < 4.78 is 5.09. The van der Waals surface area contributed by atoms with Crippen LogP contribution in [-0.4, -0.2) is 41.0 Å². The summed E-state index contributed by atoms with van der Waals surface area (Å²) in [6, 6.07) is -0.502. The molecule has 0 spiro atoms. The first kappa shape index (κ1) is 14.4. The summed E-state index contributed by atoms with van der Waals surface area (Å²) in [6.45, 7) is 4.16. The average Bonchev–Trinajstić information content (AvgIpc) is 2.37. The number of carbonyl (C=O) groups excluding carboxylic acids is 1. The Hall–Kier alpha value is -1.69. The van der Waals surface area contributed by atoms with E-state index >= 15 is 0 Å². The number of amides is 1. The molecule has 1 heterocycles. The number of nitrogens with two attached hydrogens (primary N) is 1. The summed E-state index contributed by atoms with van der Waals surface area (Å²) in [5.74, 6) is 0.414. The molecule has 18 heavy (non-hydrogen) atoms. The zero-order chi connectivity index (χ0) is 13.7. The Morgan fingerprint density at radius 2 is 2.06 bits per heavy atom. The second-order valence-electron chi connectivity index (χ2n) is 4.48. The van der Waals surface area contributed by atoms with Gasteiger partial charge in [0.1, 0.15) is 5.69 Å². The topological polar surface area (TPSA) is 81.3 Å². The molecule has 6 nitrogen and oxygen atoms in total. The lowest BCUT2D eigenvalue weighted by atomic mass is 10.0. The highest BCUT2D eigenvalue weighted by Gasteiger charge is 2.22. The van der Waals surface area contributed by atoms with Crippen molar-refractivity contribution in [3.05, 3.63) is 18.1 Å². The van der Waals surface area contributed by atoms with Gasteiger partial charge in [0.05, 0.1) is 19.7 Å². The number of methoxy groups -OCH3 is 1. The molecule has 1 rings (SSSR count). The van der Waals surface area contributed by atoms with Crippen molar-refractivity contribution in [3.63, 3.8) is 0 Å². The molecule has 0 aromatic carbocycles. The monoisotopic (exact) mass is 252 g/mol. The van der Waals surface area contributed by atoms with Gasteiger partial charge in [-0.1, -0.05) is 13.8 Å². The van der Waals surface area contributed by atoms with Crippen LogP contribution in [0.15, 0.2) is 12.4 Å². The normalized spacial score (nSPS) is 12.3. The molecule has 1 atom stereocenters. The number of hydrogen-bond donors (Lipinski definition) is 1. The minimum Gasteiger partial charge on any atom is -0.480 e. The van der Waals surface area contributed by atoms with E-state index in [0.717, 1.165) is 0 Å². The number of aromatic nitrogens is 2. The van der Waals surface area contributed by atoms with E-state index in [1.807, 2.05) is 13.8 Å². The van der Waals surface area contributed by atoms with Gasteiger partial charge >= 0.3 is 0 Å². The molecular weight excluding hydrogens is 232 g/mol. The molecule has 0 aliphatic heterocycles. The molecule has 0 fully saturated rings. The van der Waals surface area contributed by atoms with Gasteiger partial charge in [0.25, 0.3) is 0 Å². The predicted molar refractivity (Wildman–Crippen MR) is 67.9 cm³/mol. The maximum atomic E-state index is 12.0. The summed E-state index contributed by atoms with van der Waals surface area (Å²) >= 11 is 0. The van der Waals surface area contributed by atoms with Crippen LogP contribution in [0.3, 0.4) is 0 Å². The Balaban J connectivity index is 2.75. The lowest BCUT2D eigenvalue weighted by molar-refractivity contribution is -0.132. The van der Waals surface area contributed by atoms with Crippen LogP contribution in [0, 0.1) is 5.92 Å². The molecule has 0 unspecified atom stereocenters. The van der Waals surface area contributed by atoms with Crippen LogP contribution in [-0.2, 0) is 11.3 Å². The molecular formula is C12H20N4O2. The second kappa shape index (κ2) is 6.30. The quantitative estimate of drug-likeness (QED) is 0.821. The minimum absolute atomic E-state index is 0.101. The number of carbonyl (C=O) groups is 1. The highest BCUT2D eigenvalue weighted by atomic mass is 16.5. The highest BCUT2D eigenvalue weighted by molar-refractivity contribution is 5.81. The van der Waals surface area contributed by atoms with Gasteiger partial charge in [0, 0.05) is 19.4 Å². The van der Waals surface area contributed by atoms with Crippen LogP contribution in [0.2, 0.25) is 0 Å². The smallest absolute Gasteiger partial charge is 0.239 e. The fourth-order valence-electron chi connectivity index (χ4n) is 1.48. The fourth-order valence-corrected chi connectivity index (χ4v) is 1.48. The van der Waals surface area contributed by atoms with E-state index < -0.39 is 6.04 Å². The van der Waals surface area contributed by atoms with Gasteiger partial charge < -0.3 is 15.4 Å². The lowest BCUT2D eigenvalue weighted by Gasteiger charge is -2.23. The third kappa shape index (κ3) is 3.40. The molecule has 0 radical (unpaired) electrons. The number of likely N-dealkylation sites (N-methyl/N-ethyl adjacent to an activating group) is 1. The maximum absolute atomic E-state index is 12.0. The van der Waals surface area contributed by atoms with Crippen molar-refractivity contribution in [2.75, 3.05) is 14.2 Å². The number of nitrogens with zero attached hydrogens (tertiary/aromatic N) is 3. The molecule has 0 aliphatic carbocycles. The third-order valence-electron chi connectivity index (χ3n) is 2.70. The van der Waals surface area contributed by atoms with Crippen molar-refractivity contribution in [3.8, 4) is 5.88 Å². The van der Waals surface area contributed by atoms with Crippen molar-refractivity contribution in [2.45, 2.75) is 26.4 Å². The number of rotatable bonds is 5. The molecule has 100 valence electrons. The lowest BCUT2D eigenvalue weighted by Crippen LogP contribution is -2.44. The zero-order valence-corrected chi connectivity index (χ0v) is 11.3. The molecule has 1 aromatic heterocycles. The van der Waals surface area contributed by atoms with E-state index in [1.54, 1.807) is 19.4 Å². The Bertz CT molecular complexity index is 409. The highest BCUT2D eigenvalue weighted by Crippen LogP contribution is 2.13. The van der Waals surface area contributed by atoms with Crippen LogP contribution in [0.5, 0.6) is 5.88 Å². The van der Waals surface area contributed by atoms with Crippen LogP contribution in [0.25, 0.3) is 0 Å². The van der Waals surface area contributed by atoms with Gasteiger partial charge in [-0.15, -0.1) is 0 Å². The molecule has 6 heteroatoms. The predicted octanol–water partition coefficient (Wildman–Crippen LogP) is 0.427. The van der Waals surface area contributed by atoms with Gasteiger partial charge in [-0.05, 0) is 5.92 Å². The van der Waals surface area contributed by atoms with E-state index in [9.17, 15) is 4.79 Å². The van der Waals surface area contributed by atoms with Crippen molar-refractivity contribution in [1.82, 2.24) is 14.9 Å². The average molecular weight is 252 g/mol. The Morgan fingerprint density at radius 3 is 2.61 bits per heavy atom. The fraction of sp³-hybridized carbons (Fsp3) is 0.583. The number of ether oxygens (including phenoxy) is 1. The van der Waals surface area contributed by atoms with Crippen molar-refractivity contribution in [2.24, 2.45) is 11.7 Å². The van der Waals surface area contributed by atoms with Crippen LogP contribution in [0.4, 0.5) is 0 Å². The summed E-state index contributed by atoms with van der Waals surface area (Å²) in [5.41, 5.74) is 6.44. The largest absolute Gasteiger partial charge is 0.480 e. The van der Waals surface area contributed by atoms with E-state index in [1.165, 1.54) is 12.0 Å².